The molecule has 9 heteroatoms. The molecule has 0 aliphatic rings. The summed E-state index contributed by atoms with van der Waals surface area (Å²) in [4.78, 5) is 19.7. The van der Waals surface area contributed by atoms with Crippen LogP contribution in [0, 0.1) is 0 Å². The number of nitrogens with one attached hydrogen (secondary N) is 2. The molecule has 0 aliphatic heterocycles. The van der Waals surface area contributed by atoms with Gasteiger partial charge in [-0.1, -0.05) is 42.5 Å². The van der Waals surface area contributed by atoms with Crippen LogP contribution in [0.15, 0.2) is 77.8 Å². The summed E-state index contributed by atoms with van der Waals surface area (Å²) < 4.78 is 22.7. The number of rotatable bonds is 7. The first-order chi connectivity index (χ1) is 15.3. The first-order valence-corrected chi connectivity index (χ1v) is 11.3. The van der Waals surface area contributed by atoms with Crippen molar-refractivity contribution >= 4 is 44.4 Å². The number of primary amides is 1. The number of nitrogens with two attached hydrogens (primary N) is 2. The number of nitrogens with zero attached hydrogens (tertiary/aromatic N) is 1. The van der Waals surface area contributed by atoms with Gasteiger partial charge in [-0.2, -0.15) is 0 Å². The van der Waals surface area contributed by atoms with Crippen LogP contribution in [0.1, 0.15) is 16.7 Å². The van der Waals surface area contributed by atoms with E-state index in [1.165, 1.54) is 12.1 Å². The minimum atomic E-state index is -3.71. The molecule has 4 aromatic rings. The second-order valence-electron chi connectivity index (χ2n) is 7.17. The van der Waals surface area contributed by atoms with Crippen molar-refractivity contribution in [3.63, 3.8) is 0 Å². The van der Waals surface area contributed by atoms with E-state index in [4.69, 9.17) is 10.9 Å². The fourth-order valence-electron chi connectivity index (χ4n) is 3.30. The Morgan fingerprint density at radius 1 is 1.03 bits per heavy atom. The molecule has 0 aliphatic carbocycles. The third-order valence-corrected chi connectivity index (χ3v) is 5.88. The zero-order valence-electron chi connectivity index (χ0n) is 16.9. The summed E-state index contributed by atoms with van der Waals surface area (Å²) in [6.07, 6.45) is 3.53. The first kappa shape index (κ1) is 21.3. The number of aromatic nitrogens is 2. The second kappa shape index (κ2) is 8.66. The number of H-pyrrole nitrogens is 1. The first-order valence-electron chi connectivity index (χ1n) is 9.72. The van der Waals surface area contributed by atoms with Gasteiger partial charge in [0.05, 0.1) is 4.90 Å². The monoisotopic (exact) mass is 447 g/mol. The summed E-state index contributed by atoms with van der Waals surface area (Å²) in [6.45, 7) is 0.455. The molecule has 0 spiro atoms. The molecule has 1 amide bonds. The molecule has 8 nitrogen and oxygen atoms in total. The number of amides is 1. The summed E-state index contributed by atoms with van der Waals surface area (Å²) in [5.41, 5.74) is 9.09. The molecule has 2 aromatic carbocycles. The van der Waals surface area contributed by atoms with E-state index in [1.807, 2.05) is 42.5 Å². The van der Waals surface area contributed by atoms with Crippen molar-refractivity contribution in [1.82, 2.24) is 9.97 Å². The number of hydrogen-bond donors (Lipinski definition) is 4. The molecule has 2 heterocycles. The predicted molar refractivity (Wildman–Crippen MR) is 125 cm³/mol. The lowest BCUT2D eigenvalue weighted by Crippen LogP contribution is -2.12. The fraction of sp³-hybridized carbons (Fsp3) is 0.0435. The van der Waals surface area contributed by atoms with Crippen LogP contribution in [0.5, 0.6) is 0 Å². The van der Waals surface area contributed by atoms with Crippen LogP contribution in [-0.4, -0.2) is 24.3 Å². The fourth-order valence-corrected chi connectivity index (χ4v) is 3.82. The normalized spacial score (nSPS) is 12.1. The Balaban J connectivity index is 1.54. The van der Waals surface area contributed by atoms with E-state index in [9.17, 15) is 13.2 Å². The average Bonchev–Trinajstić information content (AvgIpc) is 3.18. The summed E-state index contributed by atoms with van der Waals surface area (Å²) in [6, 6.07) is 19.3. The molecular weight excluding hydrogens is 426 g/mol. The summed E-state index contributed by atoms with van der Waals surface area (Å²) in [5, 5.41) is 9.17. The van der Waals surface area contributed by atoms with E-state index >= 15 is 0 Å². The Labute approximate surface area is 185 Å². The van der Waals surface area contributed by atoms with E-state index in [2.05, 4.69) is 15.3 Å². The van der Waals surface area contributed by atoms with Gasteiger partial charge in [0.15, 0.2) is 0 Å². The number of hydrogen-bond acceptors (Lipinski definition) is 5. The Morgan fingerprint density at radius 2 is 1.75 bits per heavy atom. The van der Waals surface area contributed by atoms with Gasteiger partial charge in [0, 0.05) is 29.3 Å². The van der Waals surface area contributed by atoms with E-state index in [0.29, 0.717) is 23.6 Å². The summed E-state index contributed by atoms with van der Waals surface area (Å²) in [7, 11) is -3.71. The molecule has 0 unspecified atom stereocenters. The molecule has 0 saturated heterocycles. The Hall–Kier alpha value is -3.95. The van der Waals surface area contributed by atoms with Crippen molar-refractivity contribution in [3.05, 3.63) is 89.6 Å². The van der Waals surface area contributed by atoms with Crippen LogP contribution in [0.3, 0.4) is 0 Å². The maximum absolute atomic E-state index is 12.0. The number of carbonyl (C=O) groups is 1. The standard InChI is InChI=1S/C23H21N5O3S/c24-22(29)20(16-4-2-1-3-5-16)12-17-14-27-23-19(17)10-11-21(28-23)26-13-15-6-8-18(9-7-15)32(25,30)31/h1-12,14H,13H2,(H2,24,29)(H2,25,30,31)(H2,26,27,28). The molecule has 6 N–H and O–H groups in total. The molecule has 2 aromatic heterocycles. The van der Waals surface area contributed by atoms with Gasteiger partial charge < -0.3 is 16.0 Å². The number of carbonyl (C=O) groups excluding carboxylic acids is 1. The summed E-state index contributed by atoms with van der Waals surface area (Å²) >= 11 is 0. The van der Waals surface area contributed by atoms with Crippen molar-refractivity contribution in [3.8, 4) is 0 Å². The van der Waals surface area contributed by atoms with Crippen LogP contribution < -0.4 is 16.2 Å². The van der Waals surface area contributed by atoms with Crippen molar-refractivity contribution in [2.75, 3.05) is 5.32 Å². The van der Waals surface area contributed by atoms with E-state index in [-0.39, 0.29) is 4.90 Å². The van der Waals surface area contributed by atoms with Gasteiger partial charge >= 0.3 is 0 Å². The molecule has 162 valence electrons. The highest BCUT2D eigenvalue weighted by molar-refractivity contribution is 7.89. The summed E-state index contributed by atoms with van der Waals surface area (Å²) in [5.74, 6) is 0.133. The average molecular weight is 448 g/mol. The van der Waals surface area contributed by atoms with E-state index in [1.54, 1.807) is 24.4 Å². The zero-order chi connectivity index (χ0) is 22.7. The largest absolute Gasteiger partial charge is 0.366 e. The number of sulfonamides is 1. The third kappa shape index (κ3) is 4.69. The Morgan fingerprint density at radius 3 is 2.41 bits per heavy atom. The minimum Gasteiger partial charge on any atom is -0.366 e. The van der Waals surface area contributed by atoms with Crippen LogP contribution in [-0.2, 0) is 21.4 Å². The maximum atomic E-state index is 12.0. The van der Waals surface area contributed by atoms with Crippen molar-refractivity contribution in [2.45, 2.75) is 11.4 Å². The topological polar surface area (TPSA) is 144 Å². The highest BCUT2D eigenvalue weighted by atomic mass is 32.2. The molecule has 4 rings (SSSR count). The van der Waals surface area contributed by atoms with E-state index in [0.717, 1.165) is 22.1 Å². The number of primary sulfonamides is 1. The zero-order valence-corrected chi connectivity index (χ0v) is 17.8. The van der Waals surface area contributed by atoms with Gasteiger partial charge in [0.25, 0.3) is 0 Å². The highest BCUT2D eigenvalue weighted by Gasteiger charge is 2.11. The lowest BCUT2D eigenvalue weighted by Gasteiger charge is -2.07. The Kier molecular flexibility index (Phi) is 5.76. The van der Waals surface area contributed by atoms with Crippen LogP contribution >= 0.6 is 0 Å². The lowest BCUT2D eigenvalue weighted by molar-refractivity contribution is -0.112. The van der Waals surface area contributed by atoms with Crippen LogP contribution in [0.25, 0.3) is 22.7 Å². The molecule has 0 bridgehead atoms. The number of anilines is 1. The molecule has 32 heavy (non-hydrogen) atoms. The lowest BCUT2D eigenvalue weighted by atomic mass is 10.0. The minimum absolute atomic E-state index is 0.0681. The predicted octanol–water partition coefficient (Wildman–Crippen LogP) is 2.85. The smallest absolute Gasteiger partial charge is 0.249 e. The van der Waals surface area contributed by atoms with Crippen molar-refractivity contribution < 1.29 is 13.2 Å². The highest BCUT2D eigenvalue weighted by Crippen LogP contribution is 2.24. The SMILES string of the molecule is NC(=O)C(=Cc1c[nH]c2nc(NCc3ccc(S(N)(=O)=O)cc3)ccc12)c1ccccc1. The molecule has 0 saturated carbocycles. The third-order valence-electron chi connectivity index (χ3n) is 4.95. The number of pyridine rings is 1. The number of fused-ring (bicyclic) bond motifs is 1. The maximum Gasteiger partial charge on any atom is 0.249 e. The molecular formula is C23H21N5O3S. The molecule has 0 fully saturated rings. The van der Waals surface area contributed by atoms with Gasteiger partial charge in [0.1, 0.15) is 11.5 Å². The second-order valence-corrected chi connectivity index (χ2v) is 8.73. The number of benzene rings is 2. The van der Waals surface area contributed by atoms with Gasteiger partial charge in [-0.15, -0.1) is 0 Å². The Bertz CT molecular complexity index is 1410. The van der Waals surface area contributed by atoms with Gasteiger partial charge in [0.2, 0.25) is 15.9 Å². The van der Waals surface area contributed by atoms with E-state index < -0.39 is 15.9 Å². The number of aromatic amines is 1. The van der Waals surface area contributed by atoms with Crippen molar-refractivity contribution in [1.29, 1.82) is 0 Å². The van der Waals surface area contributed by atoms with Crippen LogP contribution in [0.2, 0.25) is 0 Å². The quantitative estimate of drug-likeness (QED) is 0.322. The molecule has 0 radical (unpaired) electrons. The van der Waals surface area contributed by atoms with Crippen molar-refractivity contribution in [2.24, 2.45) is 10.9 Å². The van der Waals surface area contributed by atoms with Gasteiger partial charge in [-0.05, 0) is 41.5 Å². The van der Waals surface area contributed by atoms with Crippen LogP contribution in [0.4, 0.5) is 5.82 Å². The molecule has 0 atom stereocenters. The van der Waals surface area contributed by atoms with Gasteiger partial charge in [-0.25, -0.2) is 18.5 Å². The van der Waals surface area contributed by atoms with Gasteiger partial charge in [-0.3, -0.25) is 4.79 Å².